The van der Waals surface area contributed by atoms with Crippen molar-refractivity contribution in [3.63, 3.8) is 0 Å². The quantitative estimate of drug-likeness (QED) is 0.733. The summed E-state index contributed by atoms with van der Waals surface area (Å²) >= 11 is 0. The minimum atomic E-state index is -0.974. The van der Waals surface area contributed by atoms with E-state index in [0.717, 1.165) is 16.5 Å². The molecule has 0 saturated carbocycles. The van der Waals surface area contributed by atoms with Crippen LogP contribution in [0.5, 0.6) is 0 Å². The van der Waals surface area contributed by atoms with Crippen molar-refractivity contribution in [3.05, 3.63) is 36.0 Å². The smallest absolute Gasteiger partial charge is 0.321 e. The van der Waals surface area contributed by atoms with E-state index in [2.05, 4.69) is 4.98 Å². The van der Waals surface area contributed by atoms with Gasteiger partial charge in [-0.3, -0.25) is 4.79 Å². The zero-order valence-electron chi connectivity index (χ0n) is 8.97. The first-order chi connectivity index (χ1) is 7.61. The Hall–Kier alpha value is -1.81. The van der Waals surface area contributed by atoms with Crippen LogP contribution in [0.1, 0.15) is 18.4 Å². The second-order valence-corrected chi connectivity index (χ2v) is 3.94. The molecule has 0 saturated heterocycles. The predicted octanol–water partition coefficient (Wildman–Crippen LogP) is 1.68. The van der Waals surface area contributed by atoms with Gasteiger partial charge in [0.05, 0.1) is 0 Å². The lowest BCUT2D eigenvalue weighted by Gasteiger charge is -2.15. The largest absolute Gasteiger partial charge is 0.480 e. The van der Waals surface area contributed by atoms with Crippen LogP contribution in [-0.2, 0) is 4.79 Å². The van der Waals surface area contributed by atoms with Gasteiger partial charge in [-0.15, -0.1) is 0 Å². The fourth-order valence-corrected chi connectivity index (χ4v) is 1.88. The van der Waals surface area contributed by atoms with Gasteiger partial charge >= 0.3 is 5.97 Å². The van der Waals surface area contributed by atoms with Crippen LogP contribution >= 0.6 is 0 Å². The number of hydrogen-bond acceptors (Lipinski definition) is 2. The molecular weight excluding hydrogens is 204 g/mol. The molecule has 0 radical (unpaired) electrons. The van der Waals surface area contributed by atoms with Gasteiger partial charge in [-0.25, -0.2) is 0 Å². The number of para-hydroxylation sites is 1. The molecule has 0 aliphatic carbocycles. The third-order valence-electron chi connectivity index (χ3n) is 2.94. The summed E-state index contributed by atoms with van der Waals surface area (Å²) in [6.45, 7) is 1.83. The Bertz CT molecular complexity index is 518. The number of carbonyl (C=O) groups is 1. The maximum absolute atomic E-state index is 10.8. The highest BCUT2D eigenvalue weighted by atomic mass is 16.4. The molecule has 0 amide bonds. The molecule has 1 aromatic heterocycles. The zero-order chi connectivity index (χ0) is 11.7. The summed E-state index contributed by atoms with van der Waals surface area (Å²) in [5.41, 5.74) is 7.58. The number of H-pyrrole nitrogens is 1. The van der Waals surface area contributed by atoms with Crippen LogP contribution in [0.2, 0.25) is 0 Å². The van der Waals surface area contributed by atoms with Gasteiger partial charge in [-0.2, -0.15) is 0 Å². The van der Waals surface area contributed by atoms with Crippen molar-refractivity contribution in [1.82, 2.24) is 4.98 Å². The van der Waals surface area contributed by atoms with Crippen molar-refractivity contribution < 1.29 is 9.90 Å². The lowest BCUT2D eigenvalue weighted by atomic mass is 9.93. The van der Waals surface area contributed by atoms with E-state index in [0.29, 0.717) is 0 Å². The SMILES string of the molecule is C[C@H](c1c[nH]c2ccccc12)[C@H](N)C(=O)O. The van der Waals surface area contributed by atoms with Crippen LogP contribution in [0.3, 0.4) is 0 Å². The van der Waals surface area contributed by atoms with E-state index in [1.54, 1.807) is 0 Å². The second-order valence-electron chi connectivity index (χ2n) is 3.94. The normalized spacial score (nSPS) is 14.9. The average Bonchev–Trinajstić information content (AvgIpc) is 2.70. The van der Waals surface area contributed by atoms with Crippen LogP contribution in [0.15, 0.2) is 30.5 Å². The first kappa shape index (κ1) is 10.7. The number of benzene rings is 1. The number of fused-ring (bicyclic) bond motifs is 1. The molecule has 0 bridgehead atoms. The molecule has 2 rings (SSSR count). The third-order valence-corrected chi connectivity index (χ3v) is 2.94. The molecule has 0 fully saturated rings. The van der Waals surface area contributed by atoms with Crippen molar-refractivity contribution in [1.29, 1.82) is 0 Å². The molecular formula is C12H14N2O2. The molecule has 2 aromatic rings. The summed E-state index contributed by atoms with van der Waals surface area (Å²) in [7, 11) is 0. The highest BCUT2D eigenvalue weighted by Gasteiger charge is 2.23. The first-order valence-corrected chi connectivity index (χ1v) is 5.15. The summed E-state index contributed by atoms with van der Waals surface area (Å²) in [5, 5.41) is 9.92. The first-order valence-electron chi connectivity index (χ1n) is 5.15. The number of carboxylic acids is 1. The van der Waals surface area contributed by atoms with Crippen LogP contribution < -0.4 is 5.73 Å². The zero-order valence-corrected chi connectivity index (χ0v) is 8.97. The summed E-state index contributed by atoms with van der Waals surface area (Å²) in [6, 6.07) is 6.91. The molecule has 2 atom stereocenters. The van der Waals surface area contributed by atoms with E-state index in [-0.39, 0.29) is 5.92 Å². The van der Waals surface area contributed by atoms with Crippen molar-refractivity contribution in [2.75, 3.05) is 0 Å². The highest BCUT2D eigenvalue weighted by Crippen LogP contribution is 2.26. The minimum Gasteiger partial charge on any atom is -0.480 e. The fourth-order valence-electron chi connectivity index (χ4n) is 1.88. The van der Waals surface area contributed by atoms with Crippen LogP contribution in [0.25, 0.3) is 10.9 Å². The summed E-state index contributed by atoms with van der Waals surface area (Å²) < 4.78 is 0. The lowest BCUT2D eigenvalue weighted by molar-refractivity contribution is -0.138. The van der Waals surface area contributed by atoms with E-state index >= 15 is 0 Å². The van der Waals surface area contributed by atoms with E-state index in [1.165, 1.54) is 0 Å². The second kappa shape index (κ2) is 3.98. The molecule has 0 spiro atoms. The van der Waals surface area contributed by atoms with Crippen molar-refractivity contribution >= 4 is 16.9 Å². The van der Waals surface area contributed by atoms with Gasteiger partial charge in [0, 0.05) is 23.0 Å². The molecule has 4 N–H and O–H groups in total. The number of aromatic nitrogens is 1. The Morgan fingerprint density at radius 3 is 2.81 bits per heavy atom. The van der Waals surface area contributed by atoms with Crippen molar-refractivity contribution in [3.8, 4) is 0 Å². The lowest BCUT2D eigenvalue weighted by Crippen LogP contribution is -2.35. The number of nitrogens with one attached hydrogen (secondary N) is 1. The summed E-state index contributed by atoms with van der Waals surface area (Å²) in [6.07, 6.45) is 1.83. The molecule has 4 heteroatoms. The Kier molecular flexibility index (Phi) is 2.66. The maximum Gasteiger partial charge on any atom is 0.321 e. The van der Waals surface area contributed by atoms with Gasteiger partial charge in [0.2, 0.25) is 0 Å². The molecule has 0 aliphatic rings. The number of hydrogen-bond donors (Lipinski definition) is 3. The standard InChI is InChI=1S/C12H14N2O2/c1-7(11(13)12(15)16)9-6-14-10-5-3-2-4-8(9)10/h2-7,11,14H,13H2,1H3,(H,15,16)/t7-,11+/m1/s1. The number of aromatic amines is 1. The van der Waals surface area contributed by atoms with Gasteiger partial charge in [0.1, 0.15) is 6.04 Å². The number of rotatable bonds is 3. The minimum absolute atomic E-state index is 0.214. The van der Waals surface area contributed by atoms with Crippen molar-refractivity contribution in [2.24, 2.45) is 5.73 Å². The van der Waals surface area contributed by atoms with E-state index in [4.69, 9.17) is 10.8 Å². The Balaban J connectivity index is 2.44. The predicted molar refractivity (Wildman–Crippen MR) is 62.3 cm³/mol. The van der Waals surface area contributed by atoms with E-state index in [9.17, 15) is 4.79 Å². The molecule has 84 valence electrons. The number of carboxylic acid groups (broad SMARTS) is 1. The molecule has 4 nitrogen and oxygen atoms in total. The van der Waals surface area contributed by atoms with Gasteiger partial charge in [-0.1, -0.05) is 25.1 Å². The average molecular weight is 218 g/mol. The monoisotopic (exact) mass is 218 g/mol. The summed E-state index contributed by atoms with van der Waals surface area (Å²) in [4.78, 5) is 14.0. The van der Waals surface area contributed by atoms with Crippen molar-refractivity contribution in [2.45, 2.75) is 18.9 Å². The van der Waals surface area contributed by atoms with Gasteiger partial charge in [0.25, 0.3) is 0 Å². The van der Waals surface area contributed by atoms with E-state index < -0.39 is 12.0 Å². The molecule has 0 unspecified atom stereocenters. The van der Waals surface area contributed by atoms with E-state index in [1.807, 2.05) is 37.4 Å². The number of aliphatic carboxylic acids is 1. The molecule has 1 aromatic carbocycles. The molecule has 0 aliphatic heterocycles. The van der Waals surface area contributed by atoms with Gasteiger partial charge in [0.15, 0.2) is 0 Å². The van der Waals surface area contributed by atoms with Gasteiger partial charge in [-0.05, 0) is 11.6 Å². The van der Waals surface area contributed by atoms with Crippen LogP contribution in [0.4, 0.5) is 0 Å². The fraction of sp³-hybridized carbons (Fsp3) is 0.250. The third kappa shape index (κ3) is 1.67. The Morgan fingerprint density at radius 2 is 2.12 bits per heavy atom. The Morgan fingerprint density at radius 1 is 1.44 bits per heavy atom. The van der Waals surface area contributed by atoms with Crippen LogP contribution in [0, 0.1) is 0 Å². The van der Waals surface area contributed by atoms with Crippen LogP contribution in [-0.4, -0.2) is 22.1 Å². The topological polar surface area (TPSA) is 79.1 Å². The number of nitrogens with two attached hydrogens (primary N) is 1. The van der Waals surface area contributed by atoms with Gasteiger partial charge < -0.3 is 15.8 Å². The summed E-state index contributed by atoms with van der Waals surface area (Å²) in [5.74, 6) is -1.19. The maximum atomic E-state index is 10.8. The Labute approximate surface area is 93.1 Å². The molecule has 1 heterocycles. The molecule has 16 heavy (non-hydrogen) atoms. The highest BCUT2D eigenvalue weighted by molar-refractivity contribution is 5.85.